The third-order valence-electron chi connectivity index (χ3n) is 11.5. The van der Waals surface area contributed by atoms with Crippen molar-refractivity contribution in [3.8, 4) is 22.3 Å². The molecule has 0 radical (unpaired) electrons. The fourth-order valence-electron chi connectivity index (χ4n) is 9.50. The van der Waals surface area contributed by atoms with Gasteiger partial charge < -0.3 is 0 Å². The van der Waals surface area contributed by atoms with Crippen LogP contribution in [0, 0.1) is 0 Å². The van der Waals surface area contributed by atoms with E-state index in [9.17, 15) is 0 Å². The maximum atomic E-state index is 2.60. The standard InChI is InChI=1S/2C17H15.2C6H5.2BrH.Hf.H2Si/c2*1-2-13-11-15-9-6-10-16(17(15)12-13)14-7-4-3-5-8-14;2*1-2-4-6-5-3-1;;;;/h2*3-12H,2H2,1H3;2*1-5H;2*1H;;1H2. The van der Waals surface area contributed by atoms with Gasteiger partial charge in [0.05, 0.1) is 0 Å². The number of hydrogen-bond acceptors (Lipinski definition) is 0. The molecule has 0 saturated carbocycles. The maximum absolute atomic E-state index is 4.86. The van der Waals surface area contributed by atoms with Gasteiger partial charge in [-0.2, -0.15) is 0 Å². The molecule has 0 heterocycles. The summed E-state index contributed by atoms with van der Waals surface area (Å²) in [5.41, 5.74) is 14.4. The van der Waals surface area contributed by atoms with E-state index in [1.807, 2.05) is 0 Å². The second-order valence-electron chi connectivity index (χ2n) is 13.7. The third kappa shape index (κ3) is 5.53. The summed E-state index contributed by atoms with van der Waals surface area (Å²) in [5, 5.41) is 0. The molecule has 0 aromatic heterocycles. The van der Waals surface area contributed by atoms with E-state index in [4.69, 9.17) is 0 Å². The molecule has 2 atom stereocenters. The van der Waals surface area contributed by atoms with Crippen LogP contribution in [0.4, 0.5) is 0 Å². The first-order chi connectivity index (χ1) is 23.6. The summed E-state index contributed by atoms with van der Waals surface area (Å²) in [6, 6.07) is 60.0. The van der Waals surface area contributed by atoms with Crippen LogP contribution in [0.2, 0.25) is 0 Å². The van der Waals surface area contributed by atoms with E-state index in [2.05, 4.69) is 191 Å². The first kappa shape index (κ1) is 36.6. The van der Waals surface area contributed by atoms with Crippen LogP contribution >= 0.6 is 34.0 Å². The molecular weight excluding hydrogens is 919 g/mol. The minimum absolute atomic E-state index is 0. The number of hydrogen-bond donors (Lipinski definition) is 0. The van der Waals surface area contributed by atoms with Gasteiger partial charge in [0, 0.05) is 0 Å². The molecule has 0 amide bonds. The zero-order valence-electron chi connectivity index (χ0n) is 28.8. The van der Waals surface area contributed by atoms with Crippen molar-refractivity contribution in [1.82, 2.24) is 0 Å². The summed E-state index contributed by atoms with van der Waals surface area (Å²) in [6.07, 6.45) is 7.27. The summed E-state index contributed by atoms with van der Waals surface area (Å²) in [5.74, 6) is 0. The number of allylic oxidation sites excluding steroid dienone is 2. The van der Waals surface area contributed by atoms with Crippen LogP contribution in [0.5, 0.6) is 0 Å². The van der Waals surface area contributed by atoms with Crippen molar-refractivity contribution in [2.24, 2.45) is 0 Å². The Morgan fingerprint density at radius 2 is 0.780 bits per heavy atom. The molecule has 2 aliphatic carbocycles. The Kier molecular flexibility index (Phi) is 10.9. The summed E-state index contributed by atoms with van der Waals surface area (Å²) >= 11 is -4.86. The minimum atomic E-state index is -4.86. The Bertz CT molecular complexity index is 2100. The second kappa shape index (κ2) is 14.8. The van der Waals surface area contributed by atoms with Crippen LogP contribution in [0.15, 0.2) is 169 Å². The predicted molar refractivity (Wildman–Crippen MR) is 227 cm³/mol. The predicted octanol–water partition coefficient (Wildman–Crippen LogP) is 11.5. The van der Waals surface area contributed by atoms with Crippen molar-refractivity contribution >= 4 is 59.7 Å². The van der Waals surface area contributed by atoms with E-state index in [0.29, 0.717) is 7.35 Å². The zero-order chi connectivity index (χ0) is 32.7. The third-order valence-corrected chi connectivity index (χ3v) is 51.5. The SMILES string of the molecule is Br.Br.CCC1=Cc2c(-c3ccccc3)cccc2[CH]1[Hf](=[SiH2])([c]1ccccc1)([c]1ccccc1)[CH]1C(CC)=Cc2c(-c3ccccc3)cccc21. The van der Waals surface area contributed by atoms with Crippen LogP contribution in [0.3, 0.4) is 0 Å². The Labute approximate surface area is 321 Å². The molecule has 0 N–H and O–H groups in total. The Morgan fingerprint density at radius 1 is 0.440 bits per heavy atom. The van der Waals surface area contributed by atoms with E-state index in [0.717, 1.165) is 12.8 Å². The van der Waals surface area contributed by atoms with Gasteiger partial charge in [-0.1, -0.05) is 0 Å². The van der Waals surface area contributed by atoms with Crippen LogP contribution in [-0.2, 0) is 17.1 Å². The topological polar surface area (TPSA) is 0 Å². The van der Waals surface area contributed by atoms with Crippen molar-refractivity contribution in [2.75, 3.05) is 0 Å². The van der Waals surface area contributed by atoms with Crippen LogP contribution in [0.25, 0.3) is 34.4 Å². The van der Waals surface area contributed by atoms with E-state index < -0.39 is 17.1 Å². The fourth-order valence-corrected chi connectivity index (χ4v) is 50.5. The number of rotatable bonds is 8. The van der Waals surface area contributed by atoms with Crippen molar-refractivity contribution < 1.29 is 17.1 Å². The molecule has 0 bridgehead atoms. The number of fused-ring (bicyclic) bond motifs is 2. The van der Waals surface area contributed by atoms with Gasteiger partial charge in [0.1, 0.15) is 0 Å². The van der Waals surface area contributed by atoms with Gasteiger partial charge in [0.25, 0.3) is 0 Å². The van der Waals surface area contributed by atoms with Crippen molar-refractivity contribution in [1.29, 1.82) is 0 Å². The van der Waals surface area contributed by atoms with Crippen molar-refractivity contribution in [3.63, 3.8) is 0 Å². The molecule has 2 aliphatic rings. The molecule has 6 aromatic rings. The molecule has 50 heavy (non-hydrogen) atoms. The van der Waals surface area contributed by atoms with E-state index >= 15 is 0 Å². The molecule has 0 aliphatic heterocycles. The quantitative estimate of drug-likeness (QED) is 0.133. The molecule has 0 spiro atoms. The summed E-state index contributed by atoms with van der Waals surface area (Å²) < 4.78 is 3.84. The first-order valence-corrected chi connectivity index (χ1v) is 33.6. The van der Waals surface area contributed by atoms with Gasteiger partial charge in [-0.15, -0.1) is 34.0 Å². The van der Waals surface area contributed by atoms with Gasteiger partial charge in [-0.3, -0.25) is 0 Å². The van der Waals surface area contributed by atoms with Crippen LogP contribution < -0.4 is 6.64 Å². The van der Waals surface area contributed by atoms with Gasteiger partial charge in [-0.05, 0) is 0 Å². The van der Waals surface area contributed by atoms with Crippen molar-refractivity contribution in [2.45, 2.75) is 34.0 Å². The summed E-state index contributed by atoms with van der Waals surface area (Å²) in [4.78, 5) is 0. The molecule has 4 heteroatoms. The molecule has 0 nitrogen and oxygen atoms in total. The van der Waals surface area contributed by atoms with E-state index in [1.54, 1.807) is 17.8 Å². The van der Waals surface area contributed by atoms with Gasteiger partial charge in [0.2, 0.25) is 0 Å². The Hall–Kier alpha value is -3.15. The molecule has 250 valence electrons. The molecule has 2 unspecified atom stereocenters. The Balaban J connectivity index is 0.00000216. The van der Waals surface area contributed by atoms with E-state index in [-0.39, 0.29) is 34.0 Å². The molecule has 8 rings (SSSR count). The zero-order valence-corrected chi connectivity index (χ0v) is 37.2. The van der Waals surface area contributed by atoms with Crippen molar-refractivity contribution in [3.05, 3.63) is 191 Å². The summed E-state index contributed by atoms with van der Waals surface area (Å²) in [7, 11) is 0. The molecule has 0 saturated heterocycles. The fraction of sp³-hybridized carbons (Fsp3) is 0.130. The normalized spacial score (nSPS) is 16.3. The monoisotopic (exact) mass is 962 g/mol. The van der Waals surface area contributed by atoms with Gasteiger partial charge in [0.15, 0.2) is 0 Å². The molecule has 0 fully saturated rings. The molecular formula is C46H44Br2HfSi. The average molecular weight is 963 g/mol. The van der Waals surface area contributed by atoms with Gasteiger partial charge >= 0.3 is 290 Å². The van der Waals surface area contributed by atoms with Crippen LogP contribution in [0.1, 0.15) is 56.3 Å². The van der Waals surface area contributed by atoms with E-state index in [1.165, 1.54) is 44.5 Å². The van der Waals surface area contributed by atoms with Gasteiger partial charge in [-0.25, -0.2) is 0 Å². The summed E-state index contributed by atoms with van der Waals surface area (Å²) in [6.45, 7) is 7.26. The first-order valence-electron chi connectivity index (χ1n) is 17.5. The van der Waals surface area contributed by atoms with Crippen LogP contribution in [-0.4, -0.2) is 6.94 Å². The number of halogens is 2. The molecule has 6 aromatic carbocycles. The number of benzene rings is 6. The second-order valence-corrected chi connectivity index (χ2v) is 46.2. The Morgan fingerprint density at radius 3 is 1.12 bits per heavy atom. The average Bonchev–Trinajstić information content (AvgIpc) is 3.76.